The Morgan fingerprint density at radius 1 is 1.28 bits per heavy atom. The number of furan rings is 1. The minimum Gasteiger partial charge on any atom is -0.467 e. The Kier molecular flexibility index (Phi) is 7.03. The van der Waals surface area contributed by atoms with Crippen LogP contribution in [-0.2, 0) is 21.4 Å². The third kappa shape index (κ3) is 5.87. The van der Waals surface area contributed by atoms with Crippen LogP contribution in [0.15, 0.2) is 52.0 Å². The molecule has 25 heavy (non-hydrogen) atoms. The third-order valence-corrected chi connectivity index (χ3v) is 5.50. The summed E-state index contributed by atoms with van der Waals surface area (Å²) in [7, 11) is -3.93. The summed E-state index contributed by atoms with van der Waals surface area (Å²) in [4.78, 5) is 12.3. The number of carbonyl (C=O) groups is 1. The molecule has 0 fully saturated rings. The van der Waals surface area contributed by atoms with E-state index in [9.17, 15) is 17.6 Å². The molecule has 0 aliphatic carbocycles. The first-order chi connectivity index (χ1) is 11.9. The first kappa shape index (κ1) is 19.5. The largest absolute Gasteiger partial charge is 0.467 e. The molecule has 6 nitrogen and oxygen atoms in total. The van der Waals surface area contributed by atoms with Gasteiger partial charge in [0.15, 0.2) is 0 Å². The van der Waals surface area contributed by atoms with Crippen molar-refractivity contribution in [2.24, 2.45) is 0 Å². The van der Waals surface area contributed by atoms with Crippen molar-refractivity contribution in [3.05, 3.63) is 54.2 Å². The first-order valence-corrected chi connectivity index (χ1v) is 10.4. The number of nitrogens with one attached hydrogen (secondary N) is 2. The average molecular weight is 386 g/mol. The summed E-state index contributed by atoms with van der Waals surface area (Å²) >= 11 is 1.50. The van der Waals surface area contributed by atoms with Gasteiger partial charge in [0, 0.05) is 0 Å². The Labute approximate surface area is 150 Å². The predicted molar refractivity (Wildman–Crippen MR) is 94.1 cm³/mol. The summed E-state index contributed by atoms with van der Waals surface area (Å²) < 4.78 is 45.3. The van der Waals surface area contributed by atoms with E-state index in [1.165, 1.54) is 18.0 Å². The summed E-state index contributed by atoms with van der Waals surface area (Å²) in [6.07, 6.45) is 3.68. The number of rotatable bonds is 9. The molecule has 1 aromatic heterocycles. The number of amides is 1. The molecular weight excluding hydrogens is 367 g/mol. The molecule has 0 aliphatic heterocycles. The Morgan fingerprint density at radius 3 is 2.60 bits per heavy atom. The van der Waals surface area contributed by atoms with E-state index < -0.39 is 27.8 Å². The van der Waals surface area contributed by atoms with Crippen LogP contribution in [0.3, 0.4) is 0 Å². The predicted octanol–water partition coefficient (Wildman–Crippen LogP) is 2.14. The highest BCUT2D eigenvalue weighted by molar-refractivity contribution is 7.98. The molecule has 0 aliphatic rings. The number of hydrogen-bond donors (Lipinski definition) is 2. The maximum absolute atomic E-state index is 13.0. The van der Waals surface area contributed by atoms with E-state index in [1.807, 2.05) is 6.26 Å². The maximum Gasteiger partial charge on any atom is 0.241 e. The number of carbonyl (C=O) groups excluding carboxylic acids is 1. The van der Waals surface area contributed by atoms with Crippen molar-refractivity contribution < 1.29 is 22.0 Å². The fourth-order valence-electron chi connectivity index (χ4n) is 2.06. The van der Waals surface area contributed by atoms with Gasteiger partial charge in [0.05, 0.1) is 17.7 Å². The average Bonchev–Trinajstić information content (AvgIpc) is 3.10. The van der Waals surface area contributed by atoms with Crippen LogP contribution in [0.2, 0.25) is 0 Å². The molecule has 1 heterocycles. The van der Waals surface area contributed by atoms with Crippen LogP contribution in [0.1, 0.15) is 12.2 Å². The Bertz CT molecular complexity index is 777. The molecule has 9 heteroatoms. The summed E-state index contributed by atoms with van der Waals surface area (Å²) in [6.45, 7) is 0.167. The molecule has 0 spiro atoms. The lowest BCUT2D eigenvalue weighted by atomic mass is 10.2. The second-order valence-corrected chi connectivity index (χ2v) is 7.91. The Morgan fingerprint density at radius 2 is 2.00 bits per heavy atom. The zero-order valence-corrected chi connectivity index (χ0v) is 15.2. The van der Waals surface area contributed by atoms with E-state index in [0.29, 0.717) is 17.9 Å². The SMILES string of the molecule is CSCC[C@H](NS(=O)(=O)c1ccc(F)cc1)C(=O)NCc1ccco1. The van der Waals surface area contributed by atoms with Crippen LogP contribution in [-0.4, -0.2) is 32.4 Å². The molecule has 0 bridgehead atoms. The van der Waals surface area contributed by atoms with Gasteiger partial charge in [0.1, 0.15) is 17.6 Å². The summed E-state index contributed by atoms with van der Waals surface area (Å²) in [6, 6.07) is 6.90. The molecule has 1 atom stereocenters. The van der Waals surface area contributed by atoms with Crippen molar-refractivity contribution in [2.45, 2.75) is 23.9 Å². The standard InChI is InChI=1S/C16H19FN2O4S2/c1-24-10-8-15(16(20)18-11-13-3-2-9-23-13)19-25(21,22)14-6-4-12(17)5-7-14/h2-7,9,15,19H,8,10-11H2,1H3,(H,18,20)/t15-/m0/s1. The Hall–Kier alpha value is -1.84. The van der Waals surface area contributed by atoms with Crippen LogP contribution < -0.4 is 10.0 Å². The second-order valence-electron chi connectivity index (χ2n) is 5.21. The van der Waals surface area contributed by atoms with Crippen LogP contribution in [0.5, 0.6) is 0 Å². The number of hydrogen-bond acceptors (Lipinski definition) is 5. The number of sulfonamides is 1. The summed E-state index contributed by atoms with van der Waals surface area (Å²) in [5, 5.41) is 2.65. The minimum absolute atomic E-state index is 0.0955. The molecule has 1 aromatic carbocycles. The highest BCUT2D eigenvalue weighted by Gasteiger charge is 2.25. The molecule has 0 saturated carbocycles. The Balaban J connectivity index is 2.07. The maximum atomic E-state index is 13.0. The fourth-order valence-corrected chi connectivity index (χ4v) is 3.76. The first-order valence-electron chi connectivity index (χ1n) is 7.49. The molecule has 0 unspecified atom stereocenters. The zero-order valence-electron chi connectivity index (χ0n) is 13.6. The van der Waals surface area contributed by atoms with E-state index in [0.717, 1.165) is 24.3 Å². The van der Waals surface area contributed by atoms with Crippen molar-refractivity contribution in [2.75, 3.05) is 12.0 Å². The number of halogens is 1. The fraction of sp³-hybridized carbons (Fsp3) is 0.312. The summed E-state index contributed by atoms with van der Waals surface area (Å²) in [5.41, 5.74) is 0. The van der Waals surface area contributed by atoms with Gasteiger partial charge < -0.3 is 9.73 Å². The van der Waals surface area contributed by atoms with Gasteiger partial charge in [0.25, 0.3) is 0 Å². The van der Waals surface area contributed by atoms with Crippen LogP contribution >= 0.6 is 11.8 Å². The lowest BCUT2D eigenvalue weighted by Crippen LogP contribution is -2.46. The van der Waals surface area contributed by atoms with Crippen molar-refractivity contribution >= 4 is 27.7 Å². The number of thioether (sulfide) groups is 1. The van der Waals surface area contributed by atoms with E-state index >= 15 is 0 Å². The van der Waals surface area contributed by atoms with Crippen molar-refractivity contribution in [1.29, 1.82) is 0 Å². The lowest BCUT2D eigenvalue weighted by molar-refractivity contribution is -0.123. The van der Waals surface area contributed by atoms with Crippen LogP contribution in [0, 0.1) is 5.82 Å². The monoisotopic (exact) mass is 386 g/mol. The highest BCUT2D eigenvalue weighted by atomic mass is 32.2. The number of benzene rings is 1. The van der Waals surface area contributed by atoms with Crippen molar-refractivity contribution in [3.8, 4) is 0 Å². The van der Waals surface area contributed by atoms with Gasteiger partial charge in [0.2, 0.25) is 15.9 Å². The molecule has 0 radical (unpaired) electrons. The van der Waals surface area contributed by atoms with Crippen molar-refractivity contribution in [3.63, 3.8) is 0 Å². The topological polar surface area (TPSA) is 88.4 Å². The highest BCUT2D eigenvalue weighted by Crippen LogP contribution is 2.12. The van der Waals surface area contributed by atoms with Gasteiger partial charge in [-0.3, -0.25) is 4.79 Å². The van der Waals surface area contributed by atoms with Crippen LogP contribution in [0.25, 0.3) is 0 Å². The lowest BCUT2D eigenvalue weighted by Gasteiger charge is -2.18. The molecular formula is C16H19FN2O4S2. The van der Waals surface area contributed by atoms with Gasteiger partial charge in [-0.15, -0.1) is 0 Å². The van der Waals surface area contributed by atoms with Gasteiger partial charge in [-0.1, -0.05) is 0 Å². The van der Waals surface area contributed by atoms with Gasteiger partial charge in [-0.05, 0) is 54.8 Å². The molecule has 0 saturated heterocycles. The molecule has 136 valence electrons. The van der Waals surface area contributed by atoms with Gasteiger partial charge >= 0.3 is 0 Å². The quantitative estimate of drug-likeness (QED) is 0.689. The van der Waals surface area contributed by atoms with Gasteiger partial charge in [-0.2, -0.15) is 16.5 Å². The van der Waals surface area contributed by atoms with Gasteiger partial charge in [-0.25, -0.2) is 12.8 Å². The normalized spacial score (nSPS) is 12.7. The third-order valence-electron chi connectivity index (χ3n) is 3.37. The van der Waals surface area contributed by atoms with E-state index in [2.05, 4.69) is 10.0 Å². The van der Waals surface area contributed by atoms with E-state index in [4.69, 9.17) is 4.42 Å². The minimum atomic E-state index is -3.93. The molecule has 1 amide bonds. The second kappa shape index (κ2) is 9.02. The van der Waals surface area contributed by atoms with E-state index in [1.54, 1.807) is 12.1 Å². The van der Waals surface area contributed by atoms with E-state index in [-0.39, 0.29) is 11.4 Å². The smallest absolute Gasteiger partial charge is 0.241 e. The zero-order chi connectivity index (χ0) is 18.3. The molecule has 2 N–H and O–H groups in total. The molecule has 2 aromatic rings. The summed E-state index contributed by atoms with van der Waals surface area (Å²) in [5.74, 6) is 0.189. The van der Waals surface area contributed by atoms with Crippen LogP contribution in [0.4, 0.5) is 4.39 Å². The molecule has 2 rings (SSSR count). The van der Waals surface area contributed by atoms with Crippen molar-refractivity contribution in [1.82, 2.24) is 10.0 Å².